The minimum atomic E-state index is -4.00. The van der Waals surface area contributed by atoms with Crippen molar-refractivity contribution in [2.45, 2.75) is 5.75 Å². The lowest BCUT2D eigenvalue weighted by molar-refractivity contribution is -0.112. The average molecular weight is 433 g/mol. The fourth-order valence-corrected chi connectivity index (χ4v) is 4.05. The van der Waals surface area contributed by atoms with E-state index in [1.807, 2.05) is 0 Å². The predicted molar refractivity (Wildman–Crippen MR) is 105 cm³/mol. The molecule has 1 aromatic carbocycles. The van der Waals surface area contributed by atoms with Crippen molar-refractivity contribution >= 4 is 57.4 Å². The number of nitrogens with zero attached hydrogens (tertiary/aromatic N) is 1. The summed E-state index contributed by atoms with van der Waals surface area (Å²) in [5, 5.41) is 2.69. The van der Waals surface area contributed by atoms with Crippen LogP contribution in [0.3, 0.4) is 0 Å². The van der Waals surface area contributed by atoms with Crippen LogP contribution in [0, 0.1) is 0 Å². The summed E-state index contributed by atoms with van der Waals surface area (Å²) in [4.78, 5) is 15.7. The number of aromatic nitrogens is 1. The second-order valence-electron chi connectivity index (χ2n) is 5.01. The van der Waals surface area contributed by atoms with Crippen LogP contribution in [0.15, 0.2) is 51.9 Å². The zero-order chi connectivity index (χ0) is 19.3. The molecule has 2 rings (SSSR count). The number of benzene rings is 1. The summed E-state index contributed by atoms with van der Waals surface area (Å²) >= 11 is 15.8. The normalized spacial score (nSPS) is 12.3. The Hall–Kier alpha value is -1.74. The van der Waals surface area contributed by atoms with E-state index in [1.165, 1.54) is 19.4 Å². The lowest BCUT2D eigenvalue weighted by Crippen LogP contribution is -2.16. The van der Waals surface area contributed by atoms with Crippen LogP contribution in [0.25, 0.3) is 0 Å². The molecule has 0 bridgehead atoms. The monoisotopic (exact) mass is 432 g/mol. The first-order valence-electron chi connectivity index (χ1n) is 7.11. The van der Waals surface area contributed by atoms with E-state index < -0.39 is 30.8 Å². The Kier molecular flexibility index (Phi) is 6.94. The number of methoxy groups -OCH3 is 1. The fraction of sp³-hybridized carbons (Fsp3) is 0.125. The molecule has 0 spiro atoms. The van der Waals surface area contributed by atoms with Gasteiger partial charge in [0.1, 0.15) is 11.6 Å². The Balaban J connectivity index is 2.20. The van der Waals surface area contributed by atoms with Gasteiger partial charge in [-0.05, 0) is 23.8 Å². The zero-order valence-electron chi connectivity index (χ0n) is 13.4. The van der Waals surface area contributed by atoms with Crippen LogP contribution in [0.4, 0.5) is 5.82 Å². The highest BCUT2D eigenvalue weighted by Gasteiger charge is 2.24. The fourth-order valence-electron chi connectivity index (χ4n) is 1.87. The number of sulfone groups is 1. The molecular formula is C16H14Cl2N2O4S2. The molecule has 0 aliphatic heterocycles. The summed E-state index contributed by atoms with van der Waals surface area (Å²) in [6.07, 6.45) is 1.40. The number of pyridine rings is 1. The van der Waals surface area contributed by atoms with Crippen molar-refractivity contribution in [3.05, 3.63) is 62.5 Å². The Labute approximate surface area is 166 Å². The van der Waals surface area contributed by atoms with Gasteiger partial charge in [0.15, 0.2) is 14.2 Å². The van der Waals surface area contributed by atoms with Crippen molar-refractivity contribution in [3.8, 4) is 5.75 Å². The number of hydrogen-bond donors (Lipinski definition) is 2. The number of anilines is 1. The number of carbonyl (C=O) groups is 1. The predicted octanol–water partition coefficient (Wildman–Crippen LogP) is 3.63. The maximum Gasteiger partial charge on any atom is 0.265 e. The van der Waals surface area contributed by atoms with Gasteiger partial charge in [-0.3, -0.25) is 4.79 Å². The SMILES string of the molecule is COc1ccc(NC(=O)/C(S)=C(/Cl)S(=O)(=O)Cc2ccccc2Cl)nc1. The van der Waals surface area contributed by atoms with E-state index >= 15 is 0 Å². The molecule has 6 nitrogen and oxygen atoms in total. The molecule has 1 heterocycles. The molecule has 0 atom stereocenters. The van der Waals surface area contributed by atoms with Crippen molar-refractivity contribution in [3.63, 3.8) is 0 Å². The van der Waals surface area contributed by atoms with Crippen LogP contribution >= 0.6 is 35.8 Å². The second-order valence-corrected chi connectivity index (χ2v) is 8.39. The number of hydrogen-bond acceptors (Lipinski definition) is 6. The highest BCUT2D eigenvalue weighted by molar-refractivity contribution is 7.97. The molecule has 1 aromatic heterocycles. The first-order chi connectivity index (χ1) is 12.2. The number of rotatable bonds is 6. The standard InChI is InChI=1S/C16H14Cl2N2O4S2/c1-24-11-6-7-13(19-8-11)20-16(21)14(25)15(18)26(22,23)9-10-4-2-3-5-12(10)17/h2-8,25H,9H2,1H3,(H,19,20,21)/b15-14+. The third-order valence-corrected chi connectivity index (χ3v) is 6.61. The maximum absolute atomic E-state index is 12.4. The van der Waals surface area contributed by atoms with Crippen LogP contribution in [-0.2, 0) is 20.4 Å². The first-order valence-corrected chi connectivity index (χ1v) is 9.96. The number of nitrogens with one attached hydrogen (secondary N) is 1. The Morgan fingerprint density at radius 3 is 2.54 bits per heavy atom. The van der Waals surface area contributed by atoms with E-state index in [9.17, 15) is 13.2 Å². The third kappa shape index (κ3) is 5.14. The molecule has 1 amide bonds. The summed E-state index contributed by atoms with van der Waals surface area (Å²) in [6.45, 7) is 0. The Bertz CT molecular complexity index is 945. The second kappa shape index (κ2) is 8.77. The van der Waals surface area contributed by atoms with Crippen molar-refractivity contribution in [2.75, 3.05) is 12.4 Å². The van der Waals surface area contributed by atoms with Crippen molar-refractivity contribution in [2.24, 2.45) is 0 Å². The number of carbonyl (C=O) groups excluding carboxylic acids is 1. The van der Waals surface area contributed by atoms with E-state index in [2.05, 4.69) is 22.9 Å². The third-order valence-electron chi connectivity index (χ3n) is 3.19. The van der Waals surface area contributed by atoms with Gasteiger partial charge in [-0.15, -0.1) is 12.6 Å². The minimum absolute atomic E-state index is 0.190. The van der Waals surface area contributed by atoms with Crippen LogP contribution < -0.4 is 10.1 Å². The molecule has 138 valence electrons. The highest BCUT2D eigenvalue weighted by Crippen LogP contribution is 2.27. The van der Waals surface area contributed by atoms with E-state index in [0.29, 0.717) is 11.3 Å². The molecule has 0 aliphatic carbocycles. The Morgan fingerprint density at radius 2 is 1.96 bits per heavy atom. The number of amides is 1. The van der Waals surface area contributed by atoms with Gasteiger partial charge in [0, 0.05) is 5.02 Å². The quantitative estimate of drug-likeness (QED) is 0.537. The van der Waals surface area contributed by atoms with Crippen LogP contribution in [0.1, 0.15) is 5.56 Å². The molecule has 0 saturated heterocycles. The van der Waals surface area contributed by atoms with E-state index in [0.717, 1.165) is 0 Å². The molecule has 0 unspecified atom stereocenters. The van der Waals surface area contributed by atoms with E-state index in [-0.39, 0.29) is 10.8 Å². The molecule has 0 radical (unpaired) electrons. The van der Waals surface area contributed by atoms with Crippen molar-refractivity contribution in [1.29, 1.82) is 0 Å². The lowest BCUT2D eigenvalue weighted by Gasteiger charge is -2.09. The number of ether oxygens (including phenoxy) is 1. The van der Waals surface area contributed by atoms with Gasteiger partial charge >= 0.3 is 0 Å². The molecule has 26 heavy (non-hydrogen) atoms. The molecule has 2 aromatic rings. The summed E-state index contributed by atoms with van der Waals surface area (Å²) < 4.78 is 29.1. The van der Waals surface area contributed by atoms with Crippen LogP contribution in [0.2, 0.25) is 5.02 Å². The van der Waals surface area contributed by atoms with Crippen molar-refractivity contribution in [1.82, 2.24) is 4.98 Å². The summed E-state index contributed by atoms with van der Waals surface area (Å²) in [5.41, 5.74) is 0.366. The van der Waals surface area contributed by atoms with Gasteiger partial charge in [0.05, 0.1) is 24.0 Å². The number of thiol groups is 1. The average Bonchev–Trinajstić information content (AvgIpc) is 2.62. The van der Waals surface area contributed by atoms with Crippen LogP contribution in [-0.4, -0.2) is 26.4 Å². The van der Waals surface area contributed by atoms with Gasteiger partial charge in [0.2, 0.25) is 0 Å². The molecule has 0 aliphatic rings. The topological polar surface area (TPSA) is 85.4 Å². The van der Waals surface area contributed by atoms with Crippen molar-refractivity contribution < 1.29 is 17.9 Å². The molecule has 0 saturated carbocycles. The van der Waals surface area contributed by atoms with E-state index in [4.69, 9.17) is 27.9 Å². The molecule has 10 heteroatoms. The van der Waals surface area contributed by atoms with Gasteiger partial charge in [0.25, 0.3) is 5.91 Å². The Morgan fingerprint density at radius 1 is 1.27 bits per heavy atom. The lowest BCUT2D eigenvalue weighted by atomic mass is 10.2. The van der Waals surface area contributed by atoms with Gasteiger partial charge < -0.3 is 10.1 Å². The van der Waals surface area contributed by atoms with Gasteiger partial charge in [-0.1, -0.05) is 41.4 Å². The molecule has 1 N–H and O–H groups in total. The minimum Gasteiger partial charge on any atom is -0.495 e. The van der Waals surface area contributed by atoms with Gasteiger partial charge in [-0.2, -0.15) is 0 Å². The largest absolute Gasteiger partial charge is 0.495 e. The molecule has 0 fully saturated rings. The van der Waals surface area contributed by atoms with E-state index in [1.54, 1.807) is 30.3 Å². The van der Waals surface area contributed by atoms with Crippen LogP contribution in [0.5, 0.6) is 5.75 Å². The first kappa shape index (κ1) is 20.6. The smallest absolute Gasteiger partial charge is 0.265 e. The highest BCUT2D eigenvalue weighted by atomic mass is 35.5. The number of halogens is 2. The summed E-state index contributed by atoms with van der Waals surface area (Å²) in [6, 6.07) is 9.52. The maximum atomic E-state index is 12.4. The zero-order valence-corrected chi connectivity index (χ0v) is 16.7. The summed E-state index contributed by atoms with van der Waals surface area (Å²) in [7, 11) is -2.52. The summed E-state index contributed by atoms with van der Waals surface area (Å²) in [5.74, 6) is -0.567. The van der Waals surface area contributed by atoms with Gasteiger partial charge in [-0.25, -0.2) is 13.4 Å². The molecular weight excluding hydrogens is 419 g/mol.